The summed E-state index contributed by atoms with van der Waals surface area (Å²) >= 11 is 0. The summed E-state index contributed by atoms with van der Waals surface area (Å²) in [5.74, 6) is 0.658. The van der Waals surface area contributed by atoms with Crippen molar-refractivity contribution >= 4 is 5.69 Å². The van der Waals surface area contributed by atoms with Crippen LogP contribution in [0, 0.1) is 0 Å². The number of nitrogens with zero attached hydrogens (tertiary/aromatic N) is 1. The minimum atomic E-state index is 0.502. The molecule has 0 aliphatic rings. The second kappa shape index (κ2) is 7.93. The molecule has 0 saturated heterocycles. The fourth-order valence-corrected chi connectivity index (χ4v) is 1.82. The third-order valence-corrected chi connectivity index (χ3v) is 2.85. The normalized spacial score (nSPS) is 12.2. The van der Waals surface area contributed by atoms with Crippen molar-refractivity contribution in [2.24, 2.45) is 0 Å². The van der Waals surface area contributed by atoms with E-state index in [9.17, 15) is 0 Å². The number of pyridine rings is 1. The molecule has 17 heavy (non-hydrogen) atoms. The Morgan fingerprint density at radius 2 is 2.12 bits per heavy atom. The molecule has 0 aliphatic heterocycles. The van der Waals surface area contributed by atoms with Gasteiger partial charge in [-0.05, 0) is 19.4 Å². The number of methoxy groups -OCH3 is 1. The number of ether oxygens (including phenoxy) is 1. The van der Waals surface area contributed by atoms with E-state index >= 15 is 0 Å². The third kappa shape index (κ3) is 5.57. The standard InChI is InChI=1S/C14H24N2O/c1-4-5-6-7-8-12(2)16-13-9-10-14(17-3)15-11-13/h9-12,16H,4-8H2,1-3H3. The van der Waals surface area contributed by atoms with Crippen molar-refractivity contribution in [1.29, 1.82) is 0 Å². The monoisotopic (exact) mass is 236 g/mol. The van der Waals surface area contributed by atoms with Crippen molar-refractivity contribution in [1.82, 2.24) is 4.98 Å². The fraction of sp³-hybridized carbons (Fsp3) is 0.643. The van der Waals surface area contributed by atoms with E-state index < -0.39 is 0 Å². The Morgan fingerprint density at radius 1 is 1.29 bits per heavy atom. The van der Waals surface area contributed by atoms with Crippen LogP contribution in [0.15, 0.2) is 18.3 Å². The summed E-state index contributed by atoms with van der Waals surface area (Å²) in [5, 5.41) is 3.45. The Bertz CT molecular complexity index is 298. The average Bonchev–Trinajstić information content (AvgIpc) is 2.36. The number of unbranched alkanes of at least 4 members (excludes halogenated alkanes) is 3. The van der Waals surface area contributed by atoms with E-state index in [-0.39, 0.29) is 0 Å². The zero-order valence-corrected chi connectivity index (χ0v) is 11.2. The van der Waals surface area contributed by atoms with Crippen molar-refractivity contribution in [3.8, 4) is 5.88 Å². The van der Waals surface area contributed by atoms with Crippen molar-refractivity contribution in [2.45, 2.75) is 52.0 Å². The molecule has 1 aromatic heterocycles. The van der Waals surface area contributed by atoms with Crippen LogP contribution in [-0.2, 0) is 0 Å². The molecule has 0 radical (unpaired) electrons. The lowest BCUT2D eigenvalue weighted by Crippen LogP contribution is -2.14. The van der Waals surface area contributed by atoms with E-state index in [2.05, 4.69) is 24.1 Å². The Balaban J connectivity index is 2.26. The molecule has 1 heterocycles. The number of hydrogen-bond donors (Lipinski definition) is 1. The van der Waals surface area contributed by atoms with Crippen molar-refractivity contribution in [3.05, 3.63) is 18.3 Å². The maximum Gasteiger partial charge on any atom is 0.213 e. The smallest absolute Gasteiger partial charge is 0.213 e. The van der Waals surface area contributed by atoms with Crippen LogP contribution >= 0.6 is 0 Å². The van der Waals surface area contributed by atoms with Gasteiger partial charge < -0.3 is 10.1 Å². The Labute approximate surface area is 105 Å². The van der Waals surface area contributed by atoms with Crippen molar-refractivity contribution in [2.75, 3.05) is 12.4 Å². The van der Waals surface area contributed by atoms with Gasteiger partial charge in [0.05, 0.1) is 19.0 Å². The zero-order valence-electron chi connectivity index (χ0n) is 11.2. The number of hydrogen-bond acceptors (Lipinski definition) is 3. The molecule has 0 aliphatic carbocycles. The van der Waals surface area contributed by atoms with Crippen LogP contribution in [0.2, 0.25) is 0 Å². The van der Waals surface area contributed by atoms with Gasteiger partial charge in [-0.2, -0.15) is 0 Å². The summed E-state index contributed by atoms with van der Waals surface area (Å²) in [4.78, 5) is 4.18. The molecule has 0 bridgehead atoms. The quantitative estimate of drug-likeness (QED) is 0.696. The zero-order chi connectivity index (χ0) is 12.5. The molecule has 1 unspecified atom stereocenters. The molecule has 0 saturated carbocycles. The molecular weight excluding hydrogens is 212 g/mol. The first-order valence-corrected chi connectivity index (χ1v) is 6.52. The van der Waals surface area contributed by atoms with Crippen LogP contribution in [0.4, 0.5) is 5.69 Å². The Kier molecular flexibility index (Phi) is 6.45. The fourth-order valence-electron chi connectivity index (χ4n) is 1.82. The molecule has 0 amide bonds. The van der Waals surface area contributed by atoms with E-state index in [0.717, 1.165) is 5.69 Å². The van der Waals surface area contributed by atoms with Crippen LogP contribution in [0.3, 0.4) is 0 Å². The van der Waals surface area contributed by atoms with E-state index in [1.54, 1.807) is 7.11 Å². The molecule has 3 heteroatoms. The second-order valence-corrected chi connectivity index (χ2v) is 4.48. The third-order valence-electron chi connectivity index (χ3n) is 2.85. The van der Waals surface area contributed by atoms with E-state index in [0.29, 0.717) is 11.9 Å². The lowest BCUT2D eigenvalue weighted by molar-refractivity contribution is 0.398. The number of aromatic nitrogens is 1. The van der Waals surface area contributed by atoms with Gasteiger partial charge in [-0.15, -0.1) is 0 Å². The van der Waals surface area contributed by atoms with Crippen molar-refractivity contribution in [3.63, 3.8) is 0 Å². The molecule has 1 rings (SSSR count). The van der Waals surface area contributed by atoms with Gasteiger partial charge in [-0.1, -0.05) is 32.6 Å². The molecular formula is C14H24N2O. The summed E-state index contributed by atoms with van der Waals surface area (Å²) in [6.07, 6.45) is 8.31. The molecule has 0 aromatic carbocycles. The SMILES string of the molecule is CCCCCCC(C)Nc1ccc(OC)nc1. The molecule has 0 fully saturated rings. The largest absolute Gasteiger partial charge is 0.481 e. The first kappa shape index (κ1) is 13.8. The maximum absolute atomic E-state index is 5.03. The summed E-state index contributed by atoms with van der Waals surface area (Å²) < 4.78 is 5.03. The van der Waals surface area contributed by atoms with Crippen LogP contribution in [0.5, 0.6) is 5.88 Å². The van der Waals surface area contributed by atoms with Gasteiger partial charge in [0.1, 0.15) is 0 Å². The first-order valence-electron chi connectivity index (χ1n) is 6.52. The minimum Gasteiger partial charge on any atom is -0.481 e. The molecule has 1 atom stereocenters. The summed E-state index contributed by atoms with van der Waals surface area (Å²) in [6, 6.07) is 4.39. The number of rotatable bonds is 8. The Morgan fingerprint density at radius 3 is 2.71 bits per heavy atom. The summed E-state index contributed by atoms with van der Waals surface area (Å²) in [6.45, 7) is 4.46. The van der Waals surface area contributed by atoms with Gasteiger partial charge in [0.25, 0.3) is 0 Å². The summed E-state index contributed by atoms with van der Waals surface area (Å²) in [7, 11) is 1.63. The van der Waals surface area contributed by atoms with Gasteiger partial charge in [-0.25, -0.2) is 4.98 Å². The van der Waals surface area contributed by atoms with E-state index in [1.807, 2.05) is 18.3 Å². The molecule has 96 valence electrons. The Hall–Kier alpha value is -1.25. The number of nitrogens with one attached hydrogen (secondary N) is 1. The maximum atomic E-state index is 5.03. The highest BCUT2D eigenvalue weighted by atomic mass is 16.5. The minimum absolute atomic E-state index is 0.502. The number of anilines is 1. The van der Waals surface area contributed by atoms with Crippen LogP contribution in [0.25, 0.3) is 0 Å². The van der Waals surface area contributed by atoms with Gasteiger partial charge in [0, 0.05) is 12.1 Å². The molecule has 3 nitrogen and oxygen atoms in total. The predicted octanol–water partition coefficient (Wildman–Crippen LogP) is 3.86. The topological polar surface area (TPSA) is 34.1 Å². The van der Waals surface area contributed by atoms with E-state index in [1.165, 1.54) is 32.1 Å². The summed E-state index contributed by atoms with van der Waals surface area (Å²) in [5.41, 5.74) is 1.06. The van der Waals surface area contributed by atoms with Crippen molar-refractivity contribution < 1.29 is 4.74 Å². The first-order chi connectivity index (χ1) is 8.26. The molecule has 0 spiro atoms. The van der Waals surface area contributed by atoms with Crippen LogP contribution in [0.1, 0.15) is 46.0 Å². The lowest BCUT2D eigenvalue weighted by atomic mass is 10.1. The van der Waals surface area contributed by atoms with Gasteiger partial charge in [0.2, 0.25) is 5.88 Å². The van der Waals surface area contributed by atoms with Crippen LogP contribution in [-0.4, -0.2) is 18.1 Å². The van der Waals surface area contributed by atoms with E-state index in [4.69, 9.17) is 4.74 Å². The molecule has 1 aromatic rings. The van der Waals surface area contributed by atoms with Gasteiger partial charge >= 0.3 is 0 Å². The average molecular weight is 236 g/mol. The van der Waals surface area contributed by atoms with Gasteiger partial charge in [-0.3, -0.25) is 0 Å². The highest BCUT2D eigenvalue weighted by Gasteiger charge is 2.02. The highest BCUT2D eigenvalue weighted by molar-refractivity contribution is 5.42. The molecule has 1 N–H and O–H groups in total. The van der Waals surface area contributed by atoms with Crippen LogP contribution < -0.4 is 10.1 Å². The highest BCUT2D eigenvalue weighted by Crippen LogP contribution is 2.14. The predicted molar refractivity (Wildman–Crippen MR) is 72.6 cm³/mol. The van der Waals surface area contributed by atoms with Gasteiger partial charge in [0.15, 0.2) is 0 Å². The second-order valence-electron chi connectivity index (χ2n) is 4.48. The lowest BCUT2D eigenvalue weighted by Gasteiger charge is -2.14.